The van der Waals surface area contributed by atoms with Crippen LogP contribution in [0.1, 0.15) is 18.4 Å². The molecule has 0 bridgehead atoms. The third-order valence-corrected chi connectivity index (χ3v) is 3.57. The number of halogens is 2. The minimum Gasteiger partial charge on any atom is -0.381 e. The molecular weight excluding hydrogens is 285 g/mol. The number of hydrogen-bond donors (Lipinski definition) is 1. The fourth-order valence-corrected chi connectivity index (χ4v) is 2.43. The first kappa shape index (κ1) is 13.0. The number of nitrogens with one attached hydrogen (secondary N) is 1. The maximum Gasteiger partial charge on any atom is 0.127 e. The van der Waals surface area contributed by atoms with Crippen LogP contribution in [0.4, 0.5) is 4.39 Å². The van der Waals surface area contributed by atoms with Crippen molar-refractivity contribution in [1.29, 1.82) is 0 Å². The van der Waals surface area contributed by atoms with E-state index in [1.54, 1.807) is 6.07 Å². The van der Waals surface area contributed by atoms with Crippen LogP contribution < -0.4 is 5.32 Å². The molecule has 1 aromatic carbocycles. The molecule has 2 nitrogen and oxygen atoms in total. The van der Waals surface area contributed by atoms with E-state index in [1.807, 2.05) is 6.07 Å². The summed E-state index contributed by atoms with van der Waals surface area (Å²) in [4.78, 5) is 0. The van der Waals surface area contributed by atoms with Crippen LogP contribution in [0.25, 0.3) is 0 Å². The van der Waals surface area contributed by atoms with E-state index in [0.717, 1.165) is 37.1 Å². The van der Waals surface area contributed by atoms with Gasteiger partial charge in [-0.1, -0.05) is 15.9 Å². The SMILES string of the molecule is Fc1ccc(Br)cc1CNCCC1CCOC1. The molecule has 1 fully saturated rings. The monoisotopic (exact) mass is 301 g/mol. The predicted octanol–water partition coefficient (Wildman–Crippen LogP) is 3.10. The lowest BCUT2D eigenvalue weighted by molar-refractivity contribution is 0.184. The van der Waals surface area contributed by atoms with E-state index in [2.05, 4.69) is 21.2 Å². The summed E-state index contributed by atoms with van der Waals surface area (Å²) in [6.07, 6.45) is 2.27. The maximum absolute atomic E-state index is 13.4. The highest BCUT2D eigenvalue weighted by molar-refractivity contribution is 9.10. The van der Waals surface area contributed by atoms with E-state index >= 15 is 0 Å². The first-order valence-corrected chi connectivity index (χ1v) is 6.77. The largest absolute Gasteiger partial charge is 0.381 e. The Hall–Kier alpha value is -0.450. The lowest BCUT2D eigenvalue weighted by Crippen LogP contribution is -2.18. The zero-order valence-electron chi connectivity index (χ0n) is 9.72. The molecule has 1 aliphatic heterocycles. The van der Waals surface area contributed by atoms with E-state index in [9.17, 15) is 4.39 Å². The Balaban J connectivity index is 1.72. The van der Waals surface area contributed by atoms with Crippen LogP contribution in [0.2, 0.25) is 0 Å². The summed E-state index contributed by atoms with van der Waals surface area (Å²) in [6.45, 7) is 3.27. The summed E-state index contributed by atoms with van der Waals surface area (Å²) in [7, 11) is 0. The third kappa shape index (κ3) is 4.05. The van der Waals surface area contributed by atoms with Gasteiger partial charge in [-0.15, -0.1) is 0 Å². The van der Waals surface area contributed by atoms with Gasteiger partial charge in [0, 0.05) is 29.8 Å². The van der Waals surface area contributed by atoms with Crippen LogP contribution in [0.3, 0.4) is 0 Å². The van der Waals surface area contributed by atoms with Gasteiger partial charge in [-0.2, -0.15) is 0 Å². The Morgan fingerprint density at radius 3 is 3.12 bits per heavy atom. The Morgan fingerprint density at radius 1 is 1.47 bits per heavy atom. The van der Waals surface area contributed by atoms with Crippen molar-refractivity contribution < 1.29 is 9.13 Å². The molecule has 1 unspecified atom stereocenters. The van der Waals surface area contributed by atoms with Gasteiger partial charge in [0.2, 0.25) is 0 Å². The van der Waals surface area contributed by atoms with Crippen LogP contribution >= 0.6 is 15.9 Å². The summed E-state index contributed by atoms with van der Waals surface area (Å²) in [6, 6.07) is 5.03. The molecular formula is C13H17BrFNO. The number of rotatable bonds is 5. The average Bonchev–Trinajstić information content (AvgIpc) is 2.82. The molecule has 1 saturated heterocycles. The Bertz CT molecular complexity index is 366. The molecule has 0 radical (unpaired) electrons. The lowest BCUT2D eigenvalue weighted by atomic mass is 10.1. The van der Waals surface area contributed by atoms with Gasteiger partial charge in [0.25, 0.3) is 0 Å². The van der Waals surface area contributed by atoms with Crippen LogP contribution in [0.5, 0.6) is 0 Å². The molecule has 1 aliphatic rings. The van der Waals surface area contributed by atoms with Gasteiger partial charge in [-0.05, 0) is 43.5 Å². The van der Waals surface area contributed by atoms with Crippen molar-refractivity contribution in [3.05, 3.63) is 34.1 Å². The lowest BCUT2D eigenvalue weighted by Gasteiger charge is -2.09. The summed E-state index contributed by atoms with van der Waals surface area (Å²) < 4.78 is 19.6. The van der Waals surface area contributed by atoms with Crippen LogP contribution in [-0.4, -0.2) is 19.8 Å². The maximum atomic E-state index is 13.4. The number of benzene rings is 1. The molecule has 0 amide bonds. The van der Waals surface area contributed by atoms with E-state index in [1.165, 1.54) is 6.07 Å². The number of hydrogen-bond acceptors (Lipinski definition) is 2. The van der Waals surface area contributed by atoms with Crippen molar-refractivity contribution in [2.45, 2.75) is 19.4 Å². The van der Waals surface area contributed by atoms with Crippen LogP contribution in [-0.2, 0) is 11.3 Å². The quantitative estimate of drug-likeness (QED) is 0.844. The van der Waals surface area contributed by atoms with Gasteiger partial charge < -0.3 is 10.1 Å². The van der Waals surface area contributed by atoms with Gasteiger partial charge in [0.15, 0.2) is 0 Å². The minimum absolute atomic E-state index is 0.148. The Morgan fingerprint density at radius 2 is 2.35 bits per heavy atom. The Labute approximate surface area is 110 Å². The van der Waals surface area contributed by atoms with E-state index in [4.69, 9.17) is 4.74 Å². The highest BCUT2D eigenvalue weighted by atomic mass is 79.9. The minimum atomic E-state index is -0.148. The van der Waals surface area contributed by atoms with Gasteiger partial charge in [-0.25, -0.2) is 4.39 Å². The summed E-state index contributed by atoms with van der Waals surface area (Å²) in [5.74, 6) is 0.528. The van der Waals surface area contributed by atoms with Crippen molar-refractivity contribution in [2.24, 2.45) is 5.92 Å². The molecule has 1 N–H and O–H groups in total. The molecule has 1 aromatic rings. The zero-order valence-corrected chi connectivity index (χ0v) is 11.3. The first-order chi connectivity index (χ1) is 8.25. The zero-order chi connectivity index (χ0) is 12.1. The van der Waals surface area contributed by atoms with Crippen molar-refractivity contribution in [3.8, 4) is 0 Å². The Kier molecular flexibility index (Phi) is 4.95. The van der Waals surface area contributed by atoms with Gasteiger partial charge in [0.1, 0.15) is 5.82 Å². The molecule has 0 aliphatic carbocycles. The molecule has 4 heteroatoms. The van der Waals surface area contributed by atoms with Crippen LogP contribution in [0, 0.1) is 11.7 Å². The molecule has 1 atom stereocenters. The van der Waals surface area contributed by atoms with E-state index < -0.39 is 0 Å². The van der Waals surface area contributed by atoms with Crippen molar-refractivity contribution in [1.82, 2.24) is 5.32 Å². The predicted molar refractivity (Wildman–Crippen MR) is 69.3 cm³/mol. The van der Waals surface area contributed by atoms with Crippen molar-refractivity contribution in [3.63, 3.8) is 0 Å². The fourth-order valence-electron chi connectivity index (χ4n) is 2.02. The molecule has 0 saturated carbocycles. The fraction of sp³-hybridized carbons (Fsp3) is 0.538. The second-order valence-corrected chi connectivity index (χ2v) is 5.35. The van der Waals surface area contributed by atoms with Gasteiger partial charge in [-0.3, -0.25) is 0 Å². The summed E-state index contributed by atoms with van der Waals surface area (Å²) in [5.41, 5.74) is 0.710. The molecule has 0 spiro atoms. The third-order valence-electron chi connectivity index (χ3n) is 3.08. The first-order valence-electron chi connectivity index (χ1n) is 5.98. The van der Waals surface area contributed by atoms with Crippen LogP contribution in [0.15, 0.2) is 22.7 Å². The molecule has 0 aromatic heterocycles. The van der Waals surface area contributed by atoms with Crippen molar-refractivity contribution >= 4 is 15.9 Å². The normalized spacial score (nSPS) is 19.8. The number of ether oxygens (including phenoxy) is 1. The van der Waals surface area contributed by atoms with E-state index in [-0.39, 0.29) is 5.82 Å². The van der Waals surface area contributed by atoms with E-state index in [0.29, 0.717) is 18.0 Å². The highest BCUT2D eigenvalue weighted by Crippen LogP contribution is 2.17. The average molecular weight is 302 g/mol. The van der Waals surface area contributed by atoms with Gasteiger partial charge in [0.05, 0.1) is 0 Å². The second-order valence-electron chi connectivity index (χ2n) is 4.43. The summed E-state index contributed by atoms with van der Waals surface area (Å²) >= 11 is 3.35. The molecule has 1 heterocycles. The highest BCUT2D eigenvalue weighted by Gasteiger charge is 2.14. The standard InChI is InChI=1S/C13H17BrFNO/c14-12-1-2-13(15)11(7-12)8-16-5-3-10-4-6-17-9-10/h1-2,7,10,16H,3-6,8-9H2. The summed E-state index contributed by atoms with van der Waals surface area (Å²) in [5, 5.41) is 3.28. The smallest absolute Gasteiger partial charge is 0.127 e. The topological polar surface area (TPSA) is 21.3 Å². The second kappa shape index (κ2) is 6.47. The molecule has 17 heavy (non-hydrogen) atoms. The van der Waals surface area contributed by atoms with Crippen molar-refractivity contribution in [2.75, 3.05) is 19.8 Å². The molecule has 94 valence electrons. The van der Waals surface area contributed by atoms with Gasteiger partial charge >= 0.3 is 0 Å². The molecule has 2 rings (SSSR count).